The molecule has 5 heteroatoms. The summed E-state index contributed by atoms with van der Waals surface area (Å²) in [4.78, 5) is 14.0. The SMILES string of the molecule is COC(=O)N1[C@@H]2C=C[C@@]1(CO)[C@@H](C)[C@@H](OCc1ccccc1)[C@H]2C. The van der Waals surface area contributed by atoms with Crippen LogP contribution in [0.1, 0.15) is 19.4 Å². The van der Waals surface area contributed by atoms with Gasteiger partial charge in [-0.25, -0.2) is 4.79 Å². The van der Waals surface area contributed by atoms with Gasteiger partial charge >= 0.3 is 6.09 Å². The van der Waals surface area contributed by atoms with Crippen molar-refractivity contribution in [1.29, 1.82) is 0 Å². The Morgan fingerprint density at radius 3 is 2.62 bits per heavy atom. The molecular weight excluding hydrogens is 306 g/mol. The highest BCUT2D eigenvalue weighted by Gasteiger charge is 2.58. The smallest absolute Gasteiger partial charge is 0.410 e. The second kappa shape index (κ2) is 6.57. The van der Waals surface area contributed by atoms with Crippen molar-refractivity contribution in [3.63, 3.8) is 0 Å². The van der Waals surface area contributed by atoms with Crippen molar-refractivity contribution in [2.75, 3.05) is 13.7 Å². The van der Waals surface area contributed by atoms with E-state index >= 15 is 0 Å². The molecule has 2 heterocycles. The standard InChI is InChI=1S/C19H25NO4/c1-13-16-9-10-19(12-21,20(16)18(22)23-3)14(2)17(13)24-11-15-7-5-4-6-8-15/h4-10,13-14,16-17,21H,11-12H2,1-3H3/t13-,14-,16+,17-,19+/m0/s1. The Hall–Kier alpha value is -1.85. The van der Waals surface area contributed by atoms with E-state index in [4.69, 9.17) is 9.47 Å². The van der Waals surface area contributed by atoms with Gasteiger partial charge in [0, 0.05) is 11.8 Å². The Kier molecular flexibility index (Phi) is 4.65. The first-order chi connectivity index (χ1) is 11.5. The van der Waals surface area contributed by atoms with Crippen LogP contribution in [0.2, 0.25) is 0 Å². The minimum Gasteiger partial charge on any atom is -0.453 e. The van der Waals surface area contributed by atoms with E-state index in [1.165, 1.54) is 7.11 Å². The first-order valence-corrected chi connectivity index (χ1v) is 8.38. The highest BCUT2D eigenvalue weighted by Crippen LogP contribution is 2.47. The minimum atomic E-state index is -0.758. The van der Waals surface area contributed by atoms with Crippen LogP contribution in [0, 0.1) is 11.8 Å². The van der Waals surface area contributed by atoms with Gasteiger partial charge in [-0.2, -0.15) is 0 Å². The summed E-state index contributed by atoms with van der Waals surface area (Å²) >= 11 is 0. The van der Waals surface area contributed by atoms with Crippen LogP contribution in [-0.2, 0) is 16.1 Å². The molecular formula is C19H25NO4. The van der Waals surface area contributed by atoms with Crippen molar-refractivity contribution in [1.82, 2.24) is 4.90 Å². The number of nitrogens with zero attached hydrogens (tertiary/aromatic N) is 1. The monoisotopic (exact) mass is 331 g/mol. The molecule has 5 atom stereocenters. The molecule has 0 aromatic heterocycles. The second-order valence-corrected chi connectivity index (χ2v) is 6.75. The summed E-state index contributed by atoms with van der Waals surface area (Å²) < 4.78 is 11.2. The summed E-state index contributed by atoms with van der Waals surface area (Å²) in [6, 6.07) is 9.91. The summed E-state index contributed by atoms with van der Waals surface area (Å²) in [7, 11) is 1.38. The van der Waals surface area contributed by atoms with Crippen LogP contribution in [0.25, 0.3) is 0 Å². The van der Waals surface area contributed by atoms with E-state index in [9.17, 15) is 9.90 Å². The number of ether oxygens (including phenoxy) is 2. The molecule has 24 heavy (non-hydrogen) atoms. The van der Waals surface area contributed by atoms with Gasteiger partial charge in [0.25, 0.3) is 0 Å². The Labute approximate surface area is 142 Å². The third-order valence-electron chi connectivity index (χ3n) is 5.58. The number of rotatable bonds is 4. The van der Waals surface area contributed by atoms with E-state index in [1.807, 2.05) is 49.4 Å². The number of benzene rings is 1. The maximum Gasteiger partial charge on any atom is 0.410 e. The van der Waals surface area contributed by atoms with E-state index in [-0.39, 0.29) is 30.6 Å². The number of amides is 1. The Bertz CT molecular complexity index is 617. The average molecular weight is 331 g/mol. The summed E-state index contributed by atoms with van der Waals surface area (Å²) in [6.07, 6.45) is 3.49. The van der Waals surface area contributed by atoms with Crippen LogP contribution < -0.4 is 0 Å². The normalized spacial score (nSPS) is 34.4. The quantitative estimate of drug-likeness (QED) is 0.862. The highest BCUT2D eigenvalue weighted by atomic mass is 16.5. The summed E-state index contributed by atoms with van der Waals surface area (Å²) in [5.74, 6) is 0.0662. The first kappa shape index (κ1) is 17.0. The van der Waals surface area contributed by atoms with Gasteiger partial charge < -0.3 is 14.6 Å². The molecule has 1 N–H and O–H groups in total. The molecule has 5 nitrogen and oxygen atoms in total. The number of fused-ring (bicyclic) bond motifs is 2. The summed E-state index contributed by atoms with van der Waals surface area (Å²) in [6.45, 7) is 4.49. The second-order valence-electron chi connectivity index (χ2n) is 6.75. The number of aliphatic hydroxyl groups excluding tert-OH is 1. The molecule has 1 aromatic rings. The van der Waals surface area contributed by atoms with Crippen molar-refractivity contribution in [3.05, 3.63) is 48.0 Å². The molecule has 0 aliphatic carbocycles. The number of hydrogen-bond donors (Lipinski definition) is 1. The largest absolute Gasteiger partial charge is 0.453 e. The van der Waals surface area contributed by atoms with Crippen LogP contribution in [0.15, 0.2) is 42.5 Å². The maximum absolute atomic E-state index is 12.3. The van der Waals surface area contributed by atoms with Gasteiger partial charge in [-0.05, 0) is 5.56 Å². The lowest BCUT2D eigenvalue weighted by Gasteiger charge is -2.53. The van der Waals surface area contributed by atoms with Crippen molar-refractivity contribution >= 4 is 6.09 Å². The van der Waals surface area contributed by atoms with Gasteiger partial charge in [-0.15, -0.1) is 0 Å². The fraction of sp³-hybridized carbons (Fsp3) is 0.526. The number of carbonyl (C=O) groups is 1. The van der Waals surface area contributed by atoms with Crippen LogP contribution in [-0.4, -0.2) is 47.5 Å². The Balaban J connectivity index is 1.83. The molecule has 3 rings (SSSR count). The van der Waals surface area contributed by atoms with Gasteiger partial charge in [0.05, 0.1) is 38.0 Å². The molecule has 0 saturated carbocycles. The van der Waals surface area contributed by atoms with Gasteiger partial charge in [-0.3, -0.25) is 4.90 Å². The summed E-state index contributed by atoms with van der Waals surface area (Å²) in [5.41, 5.74) is 0.358. The minimum absolute atomic E-state index is 0.0460. The summed E-state index contributed by atoms with van der Waals surface area (Å²) in [5, 5.41) is 10.1. The fourth-order valence-electron chi connectivity index (χ4n) is 4.15. The van der Waals surface area contributed by atoms with Crippen LogP contribution in [0.5, 0.6) is 0 Å². The maximum atomic E-state index is 12.3. The number of aliphatic hydroxyl groups is 1. The molecule has 0 unspecified atom stereocenters. The van der Waals surface area contributed by atoms with Crippen molar-refractivity contribution in [2.24, 2.45) is 11.8 Å². The first-order valence-electron chi connectivity index (χ1n) is 8.38. The molecule has 0 radical (unpaired) electrons. The van der Waals surface area contributed by atoms with Crippen LogP contribution >= 0.6 is 0 Å². The Morgan fingerprint density at radius 1 is 1.29 bits per heavy atom. The van der Waals surface area contributed by atoms with Gasteiger partial charge in [-0.1, -0.05) is 56.3 Å². The third kappa shape index (κ3) is 2.52. The molecule has 1 aromatic carbocycles. The van der Waals surface area contributed by atoms with E-state index in [0.29, 0.717) is 6.61 Å². The lowest BCUT2D eigenvalue weighted by atomic mass is 9.73. The van der Waals surface area contributed by atoms with E-state index in [1.54, 1.807) is 4.90 Å². The molecule has 1 fully saturated rings. The zero-order valence-electron chi connectivity index (χ0n) is 14.4. The molecule has 1 amide bonds. The molecule has 130 valence electrons. The number of carbonyl (C=O) groups excluding carboxylic acids is 1. The topological polar surface area (TPSA) is 59.0 Å². The third-order valence-corrected chi connectivity index (χ3v) is 5.58. The molecule has 2 aliphatic rings. The molecule has 2 bridgehead atoms. The predicted octanol–water partition coefficient (Wildman–Crippen LogP) is 2.60. The van der Waals surface area contributed by atoms with E-state index in [2.05, 4.69) is 6.92 Å². The molecule has 2 aliphatic heterocycles. The average Bonchev–Trinajstić information content (AvgIpc) is 2.97. The number of methoxy groups -OCH3 is 1. The Morgan fingerprint density at radius 2 is 2.00 bits per heavy atom. The van der Waals surface area contributed by atoms with Crippen molar-refractivity contribution < 1.29 is 19.4 Å². The zero-order chi connectivity index (χ0) is 17.3. The number of hydrogen-bond acceptors (Lipinski definition) is 4. The van der Waals surface area contributed by atoms with Gasteiger partial charge in [0.1, 0.15) is 0 Å². The van der Waals surface area contributed by atoms with Gasteiger partial charge in [0.2, 0.25) is 0 Å². The fourth-order valence-corrected chi connectivity index (χ4v) is 4.15. The van der Waals surface area contributed by atoms with E-state index < -0.39 is 11.6 Å². The zero-order valence-corrected chi connectivity index (χ0v) is 14.4. The molecule has 0 spiro atoms. The number of piperidine rings is 1. The van der Waals surface area contributed by atoms with E-state index in [0.717, 1.165) is 5.56 Å². The van der Waals surface area contributed by atoms with Crippen molar-refractivity contribution in [2.45, 2.75) is 38.1 Å². The van der Waals surface area contributed by atoms with Crippen LogP contribution in [0.3, 0.4) is 0 Å². The van der Waals surface area contributed by atoms with Crippen LogP contribution in [0.4, 0.5) is 4.79 Å². The predicted molar refractivity (Wildman–Crippen MR) is 90.3 cm³/mol. The van der Waals surface area contributed by atoms with Crippen molar-refractivity contribution in [3.8, 4) is 0 Å². The molecule has 1 saturated heterocycles. The van der Waals surface area contributed by atoms with Gasteiger partial charge in [0.15, 0.2) is 0 Å². The highest BCUT2D eigenvalue weighted by molar-refractivity contribution is 5.71. The lowest BCUT2D eigenvalue weighted by molar-refractivity contribution is -0.128. The lowest BCUT2D eigenvalue weighted by Crippen LogP contribution is -2.66.